The highest BCUT2D eigenvalue weighted by molar-refractivity contribution is 5.74. The summed E-state index contributed by atoms with van der Waals surface area (Å²) in [4.78, 5) is 11.8. The van der Waals surface area contributed by atoms with Crippen LogP contribution in [0.25, 0.3) is 0 Å². The first-order chi connectivity index (χ1) is 11.0. The van der Waals surface area contributed by atoms with Crippen LogP contribution in [0.3, 0.4) is 0 Å². The zero-order valence-corrected chi connectivity index (χ0v) is 13.1. The fourth-order valence-electron chi connectivity index (χ4n) is 2.28. The van der Waals surface area contributed by atoms with Crippen LogP contribution in [0.5, 0.6) is 0 Å². The molecule has 0 spiro atoms. The number of benzene rings is 1. The molecule has 0 bridgehead atoms. The SMILES string of the molecule is C[C@@H](Cc1c(F)cccc1F)NC(=O)NCCc1cnn(C)c1. The van der Waals surface area contributed by atoms with Gasteiger partial charge in [-0.3, -0.25) is 4.68 Å². The van der Waals surface area contributed by atoms with E-state index in [0.717, 1.165) is 5.56 Å². The highest BCUT2D eigenvalue weighted by atomic mass is 19.1. The smallest absolute Gasteiger partial charge is 0.315 e. The molecule has 0 fully saturated rings. The van der Waals surface area contributed by atoms with Crippen molar-refractivity contribution in [1.29, 1.82) is 0 Å². The summed E-state index contributed by atoms with van der Waals surface area (Å²) < 4.78 is 28.8. The predicted octanol–water partition coefficient (Wildman–Crippen LogP) is 2.17. The number of carbonyl (C=O) groups is 1. The van der Waals surface area contributed by atoms with E-state index in [4.69, 9.17) is 0 Å². The number of rotatable bonds is 6. The van der Waals surface area contributed by atoms with E-state index < -0.39 is 11.6 Å². The topological polar surface area (TPSA) is 59.0 Å². The number of aryl methyl sites for hydroxylation is 1. The summed E-state index contributed by atoms with van der Waals surface area (Å²) in [5.41, 5.74) is 1.00. The molecule has 0 saturated carbocycles. The highest BCUT2D eigenvalue weighted by Gasteiger charge is 2.14. The van der Waals surface area contributed by atoms with Gasteiger partial charge in [0.15, 0.2) is 0 Å². The molecular formula is C16H20F2N4O. The lowest BCUT2D eigenvalue weighted by Gasteiger charge is -2.15. The number of halogens is 2. The van der Waals surface area contributed by atoms with Crippen LogP contribution in [-0.2, 0) is 19.9 Å². The first kappa shape index (κ1) is 16.9. The van der Waals surface area contributed by atoms with Gasteiger partial charge >= 0.3 is 6.03 Å². The van der Waals surface area contributed by atoms with Crippen LogP contribution in [0, 0.1) is 11.6 Å². The normalized spacial score (nSPS) is 12.0. The van der Waals surface area contributed by atoms with Crippen LogP contribution < -0.4 is 10.6 Å². The summed E-state index contributed by atoms with van der Waals surface area (Å²) in [5, 5.41) is 9.43. The molecule has 1 aromatic carbocycles. The molecule has 0 aliphatic rings. The van der Waals surface area contributed by atoms with Gasteiger partial charge in [-0.25, -0.2) is 13.6 Å². The third-order valence-corrected chi connectivity index (χ3v) is 3.41. The van der Waals surface area contributed by atoms with Crippen LogP contribution in [0.15, 0.2) is 30.6 Å². The van der Waals surface area contributed by atoms with Crippen LogP contribution in [0.4, 0.5) is 13.6 Å². The van der Waals surface area contributed by atoms with E-state index in [1.165, 1.54) is 18.2 Å². The van der Waals surface area contributed by atoms with Crippen molar-refractivity contribution < 1.29 is 13.6 Å². The van der Waals surface area contributed by atoms with Crippen LogP contribution in [-0.4, -0.2) is 28.4 Å². The van der Waals surface area contributed by atoms with Gasteiger partial charge in [-0.2, -0.15) is 5.10 Å². The van der Waals surface area contributed by atoms with Gasteiger partial charge in [0.1, 0.15) is 11.6 Å². The number of urea groups is 1. The Hall–Kier alpha value is -2.44. The van der Waals surface area contributed by atoms with E-state index in [1.54, 1.807) is 17.8 Å². The first-order valence-electron chi connectivity index (χ1n) is 7.40. The van der Waals surface area contributed by atoms with Crippen molar-refractivity contribution >= 4 is 6.03 Å². The molecule has 5 nitrogen and oxygen atoms in total. The largest absolute Gasteiger partial charge is 0.338 e. The Morgan fingerprint density at radius 1 is 1.35 bits per heavy atom. The van der Waals surface area contributed by atoms with Gasteiger partial charge in [0.05, 0.1) is 6.20 Å². The molecule has 23 heavy (non-hydrogen) atoms. The maximum absolute atomic E-state index is 13.6. The Kier molecular flexibility index (Phi) is 5.67. The van der Waals surface area contributed by atoms with Crippen molar-refractivity contribution in [3.8, 4) is 0 Å². The molecule has 0 aliphatic carbocycles. The zero-order valence-electron chi connectivity index (χ0n) is 13.1. The van der Waals surface area contributed by atoms with Crippen LogP contribution >= 0.6 is 0 Å². The molecule has 2 aromatic rings. The van der Waals surface area contributed by atoms with Gasteiger partial charge < -0.3 is 10.6 Å². The van der Waals surface area contributed by atoms with E-state index in [0.29, 0.717) is 13.0 Å². The summed E-state index contributed by atoms with van der Waals surface area (Å²) in [7, 11) is 1.83. The van der Waals surface area contributed by atoms with E-state index in [-0.39, 0.29) is 24.1 Å². The third-order valence-electron chi connectivity index (χ3n) is 3.41. The number of nitrogens with zero attached hydrogens (tertiary/aromatic N) is 2. The van der Waals surface area contributed by atoms with E-state index in [1.807, 2.05) is 13.2 Å². The second kappa shape index (κ2) is 7.71. The minimum atomic E-state index is -0.601. The fraction of sp³-hybridized carbons (Fsp3) is 0.375. The standard InChI is InChI=1S/C16H20F2N4O/c1-11(8-13-14(17)4-3-5-15(13)18)21-16(23)19-7-6-12-9-20-22(2)10-12/h3-5,9-11H,6-8H2,1-2H3,(H2,19,21,23)/t11-/m0/s1. The van der Waals surface area contributed by atoms with Gasteiger partial charge in [0.2, 0.25) is 0 Å². The number of aromatic nitrogens is 2. The number of carbonyl (C=O) groups excluding carboxylic acids is 1. The van der Waals surface area contributed by atoms with Crippen LogP contribution in [0.1, 0.15) is 18.1 Å². The van der Waals surface area contributed by atoms with Gasteiger partial charge in [-0.1, -0.05) is 6.07 Å². The van der Waals surface area contributed by atoms with Crippen molar-refractivity contribution in [3.05, 3.63) is 53.4 Å². The average molecular weight is 322 g/mol. The molecular weight excluding hydrogens is 302 g/mol. The highest BCUT2D eigenvalue weighted by Crippen LogP contribution is 2.14. The summed E-state index contributed by atoms with van der Waals surface area (Å²) in [5.74, 6) is -1.20. The quantitative estimate of drug-likeness (QED) is 0.856. The molecule has 0 saturated heterocycles. The zero-order chi connectivity index (χ0) is 16.8. The molecule has 0 unspecified atom stereocenters. The van der Waals surface area contributed by atoms with E-state index in [9.17, 15) is 13.6 Å². The molecule has 2 rings (SSSR count). The minimum Gasteiger partial charge on any atom is -0.338 e. The predicted molar refractivity (Wildman–Crippen MR) is 83.0 cm³/mol. The molecule has 1 aromatic heterocycles. The lowest BCUT2D eigenvalue weighted by Crippen LogP contribution is -2.42. The summed E-state index contributed by atoms with van der Waals surface area (Å²) >= 11 is 0. The first-order valence-corrected chi connectivity index (χ1v) is 7.40. The Labute approximate surface area is 133 Å². The maximum atomic E-state index is 13.6. The lowest BCUT2D eigenvalue weighted by atomic mass is 10.1. The van der Waals surface area contributed by atoms with Gasteiger partial charge in [0.25, 0.3) is 0 Å². The van der Waals surface area contributed by atoms with Gasteiger partial charge in [-0.15, -0.1) is 0 Å². The second-order valence-corrected chi connectivity index (χ2v) is 5.48. The Bertz CT molecular complexity index is 652. The Morgan fingerprint density at radius 3 is 2.65 bits per heavy atom. The summed E-state index contributed by atoms with van der Waals surface area (Å²) in [6.07, 6.45) is 4.37. The number of nitrogens with one attached hydrogen (secondary N) is 2. The lowest BCUT2D eigenvalue weighted by molar-refractivity contribution is 0.237. The molecule has 7 heteroatoms. The van der Waals surface area contributed by atoms with Crippen molar-refractivity contribution in [2.45, 2.75) is 25.8 Å². The van der Waals surface area contributed by atoms with Crippen molar-refractivity contribution in [2.75, 3.05) is 6.54 Å². The maximum Gasteiger partial charge on any atom is 0.315 e. The number of hydrogen-bond donors (Lipinski definition) is 2. The summed E-state index contributed by atoms with van der Waals surface area (Å²) in [6, 6.07) is 2.98. The van der Waals surface area contributed by atoms with Crippen molar-refractivity contribution in [3.63, 3.8) is 0 Å². The molecule has 1 heterocycles. The summed E-state index contributed by atoms with van der Waals surface area (Å²) in [6.45, 7) is 2.16. The molecule has 1 atom stereocenters. The minimum absolute atomic E-state index is 0.0179. The Morgan fingerprint density at radius 2 is 2.04 bits per heavy atom. The Balaban J connectivity index is 1.76. The molecule has 0 aliphatic heterocycles. The van der Waals surface area contributed by atoms with E-state index >= 15 is 0 Å². The monoisotopic (exact) mass is 322 g/mol. The third kappa shape index (κ3) is 5.05. The van der Waals surface area contributed by atoms with Crippen molar-refractivity contribution in [2.24, 2.45) is 7.05 Å². The molecule has 0 radical (unpaired) electrons. The van der Waals surface area contributed by atoms with E-state index in [2.05, 4.69) is 15.7 Å². The number of hydrogen-bond acceptors (Lipinski definition) is 2. The average Bonchev–Trinajstić information content (AvgIpc) is 2.88. The molecule has 2 N–H and O–H groups in total. The second-order valence-electron chi connectivity index (χ2n) is 5.48. The van der Waals surface area contributed by atoms with Crippen molar-refractivity contribution in [1.82, 2.24) is 20.4 Å². The van der Waals surface area contributed by atoms with Gasteiger partial charge in [-0.05, 0) is 37.5 Å². The van der Waals surface area contributed by atoms with Gasteiger partial charge in [0, 0.05) is 31.4 Å². The fourth-order valence-corrected chi connectivity index (χ4v) is 2.28. The van der Waals surface area contributed by atoms with Crippen LogP contribution in [0.2, 0.25) is 0 Å². The molecule has 2 amide bonds. The number of amides is 2. The molecule has 124 valence electrons.